The Morgan fingerprint density at radius 1 is 0.870 bits per heavy atom. The predicted octanol–water partition coefficient (Wildman–Crippen LogP) is 3.68. The molecule has 0 radical (unpaired) electrons. The average molecular weight is 314 g/mol. The van der Waals surface area contributed by atoms with Crippen molar-refractivity contribution in [3.8, 4) is 17.2 Å². The van der Waals surface area contributed by atoms with E-state index in [0.29, 0.717) is 24.0 Å². The zero-order valence-corrected chi connectivity index (χ0v) is 13.3. The van der Waals surface area contributed by atoms with E-state index in [1.54, 1.807) is 56.3 Å². The van der Waals surface area contributed by atoms with Crippen molar-refractivity contribution < 1.29 is 20.4 Å². The Morgan fingerprint density at radius 3 is 1.91 bits per heavy atom. The van der Waals surface area contributed by atoms with Gasteiger partial charge < -0.3 is 20.4 Å². The van der Waals surface area contributed by atoms with Gasteiger partial charge in [-0.1, -0.05) is 24.3 Å². The maximum atomic E-state index is 10.1. The number of hydrogen-bond donors (Lipinski definition) is 4. The number of phenolic OH excluding ortho intramolecular Hbond substituents is 3. The number of hydrogen-bond acceptors (Lipinski definition) is 4. The van der Waals surface area contributed by atoms with Crippen molar-refractivity contribution in [2.75, 3.05) is 0 Å². The molecule has 0 unspecified atom stereocenters. The molecule has 0 aliphatic heterocycles. The van der Waals surface area contributed by atoms with E-state index in [0.717, 1.165) is 5.56 Å². The van der Waals surface area contributed by atoms with E-state index in [-0.39, 0.29) is 17.2 Å². The minimum Gasteiger partial charge on any atom is -0.508 e. The minimum atomic E-state index is -0.851. The number of benzene rings is 2. The van der Waals surface area contributed by atoms with Gasteiger partial charge in [-0.2, -0.15) is 0 Å². The first kappa shape index (κ1) is 16.9. The summed E-state index contributed by atoms with van der Waals surface area (Å²) in [7, 11) is 0. The fraction of sp³-hybridized carbons (Fsp3) is 0.263. The standard InChI is InChI=1S/C19H22O4/c1-19(2,23)10-9-16-17(21)11-14(12-18(16)22)4-3-13-5-7-15(20)8-6-13/h3-8,11-12,20-23H,9-10H2,1-2H3/b4-3+. The van der Waals surface area contributed by atoms with E-state index in [1.165, 1.54) is 0 Å². The second-order valence-electron chi connectivity index (χ2n) is 6.28. The molecule has 2 aromatic carbocycles. The van der Waals surface area contributed by atoms with E-state index in [1.807, 2.05) is 6.08 Å². The van der Waals surface area contributed by atoms with Gasteiger partial charge in [0.1, 0.15) is 17.2 Å². The summed E-state index contributed by atoms with van der Waals surface area (Å²) in [6.45, 7) is 3.38. The number of rotatable bonds is 5. The van der Waals surface area contributed by atoms with Crippen LogP contribution in [0.5, 0.6) is 17.2 Å². The molecule has 0 fully saturated rings. The van der Waals surface area contributed by atoms with Crippen molar-refractivity contribution in [1.29, 1.82) is 0 Å². The molecular formula is C19H22O4. The quantitative estimate of drug-likeness (QED) is 0.635. The summed E-state index contributed by atoms with van der Waals surface area (Å²) in [6, 6.07) is 9.88. The van der Waals surface area contributed by atoms with Crippen molar-refractivity contribution in [3.63, 3.8) is 0 Å². The van der Waals surface area contributed by atoms with Crippen LogP contribution in [0.3, 0.4) is 0 Å². The van der Waals surface area contributed by atoms with Crippen LogP contribution in [-0.4, -0.2) is 26.0 Å². The van der Waals surface area contributed by atoms with Crippen LogP contribution in [-0.2, 0) is 6.42 Å². The maximum Gasteiger partial charge on any atom is 0.123 e. The molecule has 0 aliphatic carbocycles. The topological polar surface area (TPSA) is 80.9 Å². The van der Waals surface area contributed by atoms with E-state index < -0.39 is 5.60 Å². The van der Waals surface area contributed by atoms with Crippen LogP contribution < -0.4 is 0 Å². The van der Waals surface area contributed by atoms with Gasteiger partial charge in [-0.3, -0.25) is 0 Å². The van der Waals surface area contributed by atoms with Crippen molar-refractivity contribution >= 4 is 12.2 Å². The van der Waals surface area contributed by atoms with E-state index in [9.17, 15) is 20.4 Å². The van der Waals surface area contributed by atoms with Gasteiger partial charge >= 0.3 is 0 Å². The first-order valence-corrected chi connectivity index (χ1v) is 7.49. The fourth-order valence-electron chi connectivity index (χ4n) is 2.22. The first-order chi connectivity index (χ1) is 10.7. The van der Waals surface area contributed by atoms with Gasteiger partial charge in [0, 0.05) is 5.56 Å². The molecule has 0 atom stereocenters. The molecule has 2 rings (SSSR count). The van der Waals surface area contributed by atoms with Crippen molar-refractivity contribution in [1.82, 2.24) is 0 Å². The molecule has 4 heteroatoms. The molecule has 0 spiro atoms. The van der Waals surface area contributed by atoms with E-state index in [4.69, 9.17) is 0 Å². The lowest BCUT2D eigenvalue weighted by Gasteiger charge is -2.17. The van der Waals surface area contributed by atoms with Crippen LogP contribution in [0, 0.1) is 0 Å². The molecule has 122 valence electrons. The third-order valence-electron chi connectivity index (χ3n) is 3.57. The monoisotopic (exact) mass is 314 g/mol. The first-order valence-electron chi connectivity index (χ1n) is 7.49. The normalized spacial score (nSPS) is 12.0. The molecule has 4 N–H and O–H groups in total. The zero-order valence-electron chi connectivity index (χ0n) is 13.3. The van der Waals surface area contributed by atoms with E-state index in [2.05, 4.69) is 0 Å². The Balaban J connectivity index is 2.17. The largest absolute Gasteiger partial charge is 0.508 e. The van der Waals surface area contributed by atoms with Gasteiger partial charge in [0.2, 0.25) is 0 Å². The maximum absolute atomic E-state index is 10.1. The average Bonchev–Trinajstić information content (AvgIpc) is 2.44. The van der Waals surface area contributed by atoms with Gasteiger partial charge in [-0.05, 0) is 62.1 Å². The molecule has 4 nitrogen and oxygen atoms in total. The molecule has 23 heavy (non-hydrogen) atoms. The third kappa shape index (κ3) is 5.04. The van der Waals surface area contributed by atoms with Crippen molar-refractivity contribution in [3.05, 3.63) is 53.1 Å². The second kappa shape index (κ2) is 6.75. The van der Waals surface area contributed by atoms with Gasteiger partial charge in [0.05, 0.1) is 5.60 Å². The minimum absolute atomic E-state index is 0.0135. The van der Waals surface area contributed by atoms with Crippen LogP contribution in [0.2, 0.25) is 0 Å². The van der Waals surface area contributed by atoms with Gasteiger partial charge in [-0.15, -0.1) is 0 Å². The molecule has 0 saturated heterocycles. The summed E-state index contributed by atoms with van der Waals surface area (Å²) < 4.78 is 0. The summed E-state index contributed by atoms with van der Waals surface area (Å²) in [5.41, 5.74) is 1.15. The molecule has 0 amide bonds. The molecule has 0 heterocycles. The van der Waals surface area contributed by atoms with Gasteiger partial charge in [0.25, 0.3) is 0 Å². The Morgan fingerprint density at radius 2 is 1.39 bits per heavy atom. The fourth-order valence-corrected chi connectivity index (χ4v) is 2.22. The lowest BCUT2D eigenvalue weighted by molar-refractivity contribution is 0.0711. The highest BCUT2D eigenvalue weighted by atomic mass is 16.3. The van der Waals surface area contributed by atoms with Crippen molar-refractivity contribution in [2.24, 2.45) is 0 Å². The Kier molecular flexibility index (Phi) is 4.96. The summed E-state index contributed by atoms with van der Waals surface area (Å²) in [5.74, 6) is 0.229. The zero-order chi connectivity index (χ0) is 17.0. The lowest BCUT2D eigenvalue weighted by atomic mass is 9.96. The molecule has 0 bridgehead atoms. The summed E-state index contributed by atoms with van der Waals surface area (Å²) in [4.78, 5) is 0. The second-order valence-corrected chi connectivity index (χ2v) is 6.28. The van der Waals surface area contributed by atoms with E-state index >= 15 is 0 Å². The lowest BCUT2D eigenvalue weighted by Crippen LogP contribution is -2.19. The highest BCUT2D eigenvalue weighted by Gasteiger charge is 2.16. The van der Waals surface area contributed by atoms with Crippen LogP contribution >= 0.6 is 0 Å². The SMILES string of the molecule is CC(C)(O)CCc1c(O)cc(/C=C/c2ccc(O)cc2)cc1O. The van der Waals surface area contributed by atoms with Gasteiger partial charge in [0.15, 0.2) is 0 Å². The number of aliphatic hydroxyl groups is 1. The smallest absolute Gasteiger partial charge is 0.123 e. The highest BCUT2D eigenvalue weighted by Crippen LogP contribution is 2.32. The summed E-state index contributed by atoms with van der Waals surface area (Å²) in [5, 5.41) is 39.2. The Hall–Kier alpha value is -2.46. The Bertz CT molecular complexity index is 671. The van der Waals surface area contributed by atoms with Crippen LogP contribution in [0.4, 0.5) is 0 Å². The molecular weight excluding hydrogens is 292 g/mol. The molecule has 2 aromatic rings. The molecule has 0 aromatic heterocycles. The number of aromatic hydroxyl groups is 3. The summed E-state index contributed by atoms with van der Waals surface area (Å²) >= 11 is 0. The van der Waals surface area contributed by atoms with Gasteiger partial charge in [-0.25, -0.2) is 0 Å². The molecule has 0 saturated carbocycles. The third-order valence-corrected chi connectivity index (χ3v) is 3.57. The number of phenols is 3. The van der Waals surface area contributed by atoms with Crippen LogP contribution in [0.25, 0.3) is 12.2 Å². The summed E-state index contributed by atoms with van der Waals surface area (Å²) in [6.07, 6.45) is 4.43. The van der Waals surface area contributed by atoms with Crippen LogP contribution in [0.15, 0.2) is 36.4 Å². The van der Waals surface area contributed by atoms with Crippen LogP contribution in [0.1, 0.15) is 37.0 Å². The van der Waals surface area contributed by atoms with Crippen molar-refractivity contribution in [2.45, 2.75) is 32.3 Å². The predicted molar refractivity (Wildman–Crippen MR) is 91.4 cm³/mol. The Labute approximate surface area is 136 Å². The highest BCUT2D eigenvalue weighted by molar-refractivity contribution is 5.71. The molecule has 0 aliphatic rings.